The van der Waals surface area contributed by atoms with Gasteiger partial charge in [-0.15, -0.1) is 0 Å². The molecule has 104 valence electrons. The molecule has 0 aromatic carbocycles. The van der Waals surface area contributed by atoms with E-state index < -0.39 is 0 Å². The van der Waals surface area contributed by atoms with Crippen LogP contribution in [0.4, 0.5) is 0 Å². The van der Waals surface area contributed by atoms with Crippen molar-refractivity contribution in [3.8, 4) is 0 Å². The van der Waals surface area contributed by atoms with Gasteiger partial charge < -0.3 is 20.4 Å². The Morgan fingerprint density at radius 2 is 2.37 bits per heavy atom. The minimum Gasteiger partial charge on any atom is -0.396 e. The van der Waals surface area contributed by atoms with E-state index >= 15 is 0 Å². The number of aromatic nitrogens is 3. The molecule has 0 amide bonds. The number of thioether (sulfide) groups is 1. The van der Waals surface area contributed by atoms with Crippen LogP contribution in [0.1, 0.15) is 5.56 Å². The number of fused-ring (bicyclic) bond motifs is 1. The second kappa shape index (κ2) is 6.74. The average molecular weight is 282 g/mol. The molecule has 19 heavy (non-hydrogen) atoms. The van der Waals surface area contributed by atoms with Crippen molar-refractivity contribution in [1.82, 2.24) is 20.3 Å². The maximum Gasteiger partial charge on any atom is 0.275 e. The van der Waals surface area contributed by atoms with Crippen molar-refractivity contribution in [3.05, 3.63) is 28.4 Å². The lowest BCUT2D eigenvalue weighted by Gasteiger charge is -2.13. The summed E-state index contributed by atoms with van der Waals surface area (Å²) in [6.07, 6.45) is 5.23. The third-order valence-corrected chi connectivity index (χ3v) is 3.76. The van der Waals surface area contributed by atoms with Gasteiger partial charge >= 0.3 is 0 Å². The van der Waals surface area contributed by atoms with Crippen molar-refractivity contribution in [3.63, 3.8) is 0 Å². The van der Waals surface area contributed by atoms with Crippen molar-refractivity contribution in [2.45, 2.75) is 6.54 Å². The summed E-state index contributed by atoms with van der Waals surface area (Å²) < 4.78 is 0. The van der Waals surface area contributed by atoms with Gasteiger partial charge in [-0.25, -0.2) is 4.98 Å². The van der Waals surface area contributed by atoms with E-state index in [1.165, 1.54) is 6.33 Å². The predicted octanol–water partition coefficient (Wildman–Crippen LogP) is 0.312. The molecule has 6 nitrogen and oxygen atoms in total. The number of aromatic amines is 2. The normalized spacial score (nSPS) is 12.9. The van der Waals surface area contributed by atoms with Gasteiger partial charge in [0.05, 0.1) is 11.8 Å². The zero-order chi connectivity index (χ0) is 13.7. The van der Waals surface area contributed by atoms with Crippen LogP contribution in [0, 0.1) is 5.92 Å². The van der Waals surface area contributed by atoms with Gasteiger partial charge in [-0.2, -0.15) is 11.8 Å². The monoisotopic (exact) mass is 282 g/mol. The smallest absolute Gasteiger partial charge is 0.275 e. The molecule has 4 N–H and O–H groups in total. The van der Waals surface area contributed by atoms with Gasteiger partial charge in [0.2, 0.25) is 0 Å². The molecular formula is C12H18N4O2S. The largest absolute Gasteiger partial charge is 0.396 e. The molecule has 2 heterocycles. The number of H-pyrrole nitrogens is 2. The first-order chi connectivity index (χ1) is 9.26. The number of nitrogens with one attached hydrogen (secondary N) is 3. The van der Waals surface area contributed by atoms with E-state index in [0.717, 1.165) is 17.9 Å². The van der Waals surface area contributed by atoms with Crippen LogP contribution < -0.4 is 10.9 Å². The van der Waals surface area contributed by atoms with Gasteiger partial charge in [0, 0.05) is 37.4 Å². The Labute approximate surface area is 115 Å². The third kappa shape index (κ3) is 3.37. The van der Waals surface area contributed by atoms with Crippen LogP contribution in [0.3, 0.4) is 0 Å². The van der Waals surface area contributed by atoms with Crippen molar-refractivity contribution in [1.29, 1.82) is 0 Å². The Kier molecular flexibility index (Phi) is 5.00. The highest BCUT2D eigenvalue weighted by Crippen LogP contribution is 2.11. The molecule has 1 atom stereocenters. The van der Waals surface area contributed by atoms with E-state index in [-0.39, 0.29) is 18.1 Å². The van der Waals surface area contributed by atoms with Crippen LogP contribution in [0.5, 0.6) is 0 Å². The Hall–Kier alpha value is -1.31. The third-order valence-electron chi connectivity index (χ3n) is 2.96. The second-order valence-corrected chi connectivity index (χ2v) is 5.31. The summed E-state index contributed by atoms with van der Waals surface area (Å²) in [5, 5.41) is 12.5. The van der Waals surface area contributed by atoms with Crippen molar-refractivity contribution in [2.24, 2.45) is 5.92 Å². The summed E-state index contributed by atoms with van der Waals surface area (Å²) in [6, 6.07) is 0. The Morgan fingerprint density at radius 1 is 1.53 bits per heavy atom. The molecule has 0 saturated carbocycles. The van der Waals surface area contributed by atoms with E-state index in [2.05, 4.69) is 20.3 Å². The molecule has 0 bridgehead atoms. The molecule has 2 aromatic rings. The lowest BCUT2D eigenvalue weighted by Crippen LogP contribution is -2.26. The lowest BCUT2D eigenvalue weighted by molar-refractivity contribution is 0.236. The molecule has 0 saturated heterocycles. The standard InChI is InChI=1S/C12H18N4O2S/c1-19-6-8(5-17)2-13-3-9-4-14-11-10(9)15-7-16-12(11)18/h4,7-8,13-14,17H,2-3,5-6H2,1H3,(H,15,16,18). The van der Waals surface area contributed by atoms with E-state index in [4.69, 9.17) is 0 Å². The lowest BCUT2D eigenvalue weighted by atomic mass is 10.2. The number of nitrogens with zero attached hydrogens (tertiary/aromatic N) is 1. The SMILES string of the molecule is CSCC(CO)CNCc1c[nH]c2c(=O)[nH]cnc12. The van der Waals surface area contributed by atoms with Crippen molar-refractivity contribution in [2.75, 3.05) is 25.2 Å². The van der Waals surface area contributed by atoms with Gasteiger partial charge in [-0.05, 0) is 12.0 Å². The molecule has 0 fully saturated rings. The highest BCUT2D eigenvalue weighted by molar-refractivity contribution is 7.98. The summed E-state index contributed by atoms with van der Waals surface area (Å²) >= 11 is 1.72. The molecule has 7 heteroatoms. The fourth-order valence-electron chi connectivity index (χ4n) is 1.96. The highest BCUT2D eigenvalue weighted by atomic mass is 32.2. The molecule has 1 unspecified atom stereocenters. The van der Waals surface area contributed by atoms with Gasteiger partial charge in [0.1, 0.15) is 5.52 Å². The molecule has 2 rings (SSSR count). The molecule has 0 spiro atoms. The summed E-state index contributed by atoms with van der Waals surface area (Å²) in [5.74, 6) is 1.17. The zero-order valence-corrected chi connectivity index (χ0v) is 11.6. The Balaban J connectivity index is 1.99. The highest BCUT2D eigenvalue weighted by Gasteiger charge is 2.09. The summed E-state index contributed by atoms with van der Waals surface area (Å²) in [6.45, 7) is 1.55. The molecule has 2 aromatic heterocycles. The van der Waals surface area contributed by atoms with Gasteiger partial charge in [0.25, 0.3) is 5.56 Å². The molecular weight excluding hydrogens is 264 g/mol. The number of rotatable bonds is 7. The van der Waals surface area contributed by atoms with Crippen LogP contribution in [0.2, 0.25) is 0 Å². The van der Waals surface area contributed by atoms with Crippen LogP contribution in [0.25, 0.3) is 11.0 Å². The van der Waals surface area contributed by atoms with Gasteiger partial charge in [-0.3, -0.25) is 4.79 Å². The van der Waals surface area contributed by atoms with E-state index in [9.17, 15) is 9.90 Å². The van der Waals surface area contributed by atoms with Crippen LogP contribution in [0.15, 0.2) is 17.3 Å². The van der Waals surface area contributed by atoms with E-state index in [1.807, 2.05) is 6.26 Å². The summed E-state index contributed by atoms with van der Waals surface area (Å²) in [4.78, 5) is 21.2. The van der Waals surface area contributed by atoms with Gasteiger partial charge in [0.15, 0.2) is 0 Å². The minimum absolute atomic E-state index is 0.160. The van der Waals surface area contributed by atoms with Crippen molar-refractivity contribution >= 4 is 22.8 Å². The first kappa shape index (κ1) is 14.1. The predicted molar refractivity (Wildman–Crippen MR) is 77.4 cm³/mol. The first-order valence-corrected chi connectivity index (χ1v) is 7.49. The second-order valence-electron chi connectivity index (χ2n) is 4.40. The summed E-state index contributed by atoms with van der Waals surface area (Å²) in [7, 11) is 0. The first-order valence-electron chi connectivity index (χ1n) is 6.10. The quantitative estimate of drug-likeness (QED) is 0.586. The minimum atomic E-state index is -0.160. The van der Waals surface area contributed by atoms with Crippen LogP contribution >= 0.6 is 11.8 Å². The van der Waals surface area contributed by atoms with Gasteiger partial charge in [-0.1, -0.05) is 0 Å². The maximum atomic E-state index is 11.5. The van der Waals surface area contributed by atoms with E-state index in [0.29, 0.717) is 17.6 Å². The number of hydrogen-bond acceptors (Lipinski definition) is 5. The van der Waals surface area contributed by atoms with Crippen molar-refractivity contribution < 1.29 is 5.11 Å². The Bertz CT molecular complexity index is 580. The number of aliphatic hydroxyl groups is 1. The maximum absolute atomic E-state index is 11.5. The van der Waals surface area contributed by atoms with Crippen LogP contribution in [-0.4, -0.2) is 45.2 Å². The summed E-state index contributed by atoms with van der Waals surface area (Å²) in [5.41, 5.74) is 2.00. The fraction of sp³-hybridized carbons (Fsp3) is 0.500. The van der Waals surface area contributed by atoms with Crippen LogP contribution in [-0.2, 0) is 6.54 Å². The number of aliphatic hydroxyl groups excluding tert-OH is 1. The molecule has 0 radical (unpaired) electrons. The number of hydrogen-bond donors (Lipinski definition) is 4. The van der Waals surface area contributed by atoms with E-state index in [1.54, 1.807) is 18.0 Å². The topological polar surface area (TPSA) is 93.8 Å². The Morgan fingerprint density at radius 3 is 3.11 bits per heavy atom. The molecule has 0 aliphatic carbocycles. The molecule has 0 aliphatic heterocycles. The average Bonchev–Trinajstić information content (AvgIpc) is 2.83. The fourth-order valence-corrected chi connectivity index (χ4v) is 2.66. The zero-order valence-electron chi connectivity index (χ0n) is 10.8. The molecule has 0 aliphatic rings.